The number of carboxylic acid groups (broad SMARTS) is 1. The molecule has 2 aromatic heterocycles. The molecule has 0 radical (unpaired) electrons. The smallest absolute Gasteiger partial charge is 0.307 e. The molecule has 0 unspecified atom stereocenters. The molecular weight excluding hydrogens is 609 g/mol. The van der Waals surface area contributed by atoms with E-state index in [-0.39, 0.29) is 17.8 Å². The number of carbonyl (C=O) groups is 1. The number of aliphatic carboxylic acids is 1. The van der Waals surface area contributed by atoms with Crippen LogP contribution in [0.15, 0.2) is 54.7 Å². The molecule has 8 nitrogen and oxygen atoms in total. The zero-order valence-corrected chi connectivity index (χ0v) is 29.6. The van der Waals surface area contributed by atoms with Gasteiger partial charge < -0.3 is 24.6 Å². The van der Waals surface area contributed by atoms with Crippen LogP contribution in [0.3, 0.4) is 0 Å². The fourth-order valence-corrected chi connectivity index (χ4v) is 6.07. The fourth-order valence-electron chi connectivity index (χ4n) is 6.07. The van der Waals surface area contributed by atoms with E-state index in [2.05, 4.69) is 17.9 Å². The van der Waals surface area contributed by atoms with Gasteiger partial charge in [0.25, 0.3) is 0 Å². The molecule has 48 heavy (non-hydrogen) atoms. The second-order valence-electron chi connectivity index (χ2n) is 13.7. The number of fused-ring (bicyclic) bond motifs is 8. The summed E-state index contributed by atoms with van der Waals surface area (Å²) in [4.78, 5) is 14.2. The number of halogens is 1. The molecule has 3 aliphatic heterocycles. The van der Waals surface area contributed by atoms with Crippen molar-refractivity contribution in [3.05, 3.63) is 71.7 Å². The van der Waals surface area contributed by atoms with E-state index in [1.54, 1.807) is 26.8 Å². The third kappa shape index (κ3) is 9.57. The molecule has 6 bridgehead atoms. The highest BCUT2D eigenvalue weighted by atomic mass is 19.1. The van der Waals surface area contributed by atoms with Crippen molar-refractivity contribution in [3.63, 3.8) is 0 Å². The molecule has 5 heterocycles. The minimum atomic E-state index is -0.852. The molecule has 2 N–H and O–H groups in total. The number of anilines is 1. The van der Waals surface area contributed by atoms with Gasteiger partial charge in [0.15, 0.2) is 0 Å². The number of ether oxygens (including phenoxy) is 2. The molecule has 0 aliphatic carbocycles. The molecule has 1 fully saturated rings. The Morgan fingerprint density at radius 2 is 1.67 bits per heavy atom. The highest BCUT2D eigenvalue weighted by molar-refractivity contribution is 5.86. The van der Waals surface area contributed by atoms with Crippen molar-refractivity contribution in [1.29, 1.82) is 0 Å². The first kappa shape index (κ1) is 36.9. The molecule has 0 spiro atoms. The average molecular weight is 662 g/mol. The lowest BCUT2D eigenvalue weighted by molar-refractivity contribution is -0.136. The van der Waals surface area contributed by atoms with E-state index in [0.29, 0.717) is 19.0 Å². The first-order valence-corrected chi connectivity index (χ1v) is 17.2. The Labute approximate surface area is 284 Å². The first-order valence-electron chi connectivity index (χ1n) is 17.2. The highest BCUT2D eigenvalue weighted by Gasteiger charge is 2.33. The summed E-state index contributed by atoms with van der Waals surface area (Å²) in [5.74, 6) is -0.659. The largest absolute Gasteiger partial charge is 0.493 e. The maximum Gasteiger partial charge on any atom is 0.307 e. The Morgan fingerprint density at radius 1 is 1.00 bits per heavy atom. The number of rotatable bonds is 2. The summed E-state index contributed by atoms with van der Waals surface area (Å²) in [7, 11) is 0. The predicted octanol–water partition coefficient (Wildman–Crippen LogP) is 8.48. The standard InChI is InChI=1S/C33H36FN3O4.C4H10O.C2H6/c1-22-21-37-29-20-28(35-37)24-8-6-7-23(17-24)26-10-9-25(34)18-30(26)40-15-4-3-5-16-41-33(2)11-13-36(14-12-33)32(29)27(22)19-31(38)39;1-4(2,3)5;1-2/h6-10,17-18,20-21H,3-5,11-16,19H2,1-2H3,(H,38,39);5H,1-3H3;1-2H3. The molecule has 260 valence electrons. The quantitative estimate of drug-likeness (QED) is 0.222. The minimum Gasteiger partial charge on any atom is -0.493 e. The van der Waals surface area contributed by atoms with Crippen LogP contribution in [0, 0.1) is 12.7 Å². The van der Waals surface area contributed by atoms with Gasteiger partial charge in [0.1, 0.15) is 11.6 Å². The van der Waals surface area contributed by atoms with E-state index in [0.717, 1.165) is 89.9 Å². The van der Waals surface area contributed by atoms with Crippen LogP contribution in [0.4, 0.5) is 10.1 Å². The van der Waals surface area contributed by atoms with Crippen LogP contribution in [0.25, 0.3) is 27.9 Å². The third-order valence-corrected chi connectivity index (χ3v) is 8.43. The molecule has 9 heteroatoms. The third-order valence-electron chi connectivity index (χ3n) is 8.43. The molecular formula is C39H52FN3O5. The summed E-state index contributed by atoms with van der Waals surface area (Å²) in [5.41, 5.74) is 6.26. The van der Waals surface area contributed by atoms with Gasteiger partial charge in [-0.1, -0.05) is 32.0 Å². The SMILES string of the molecule is CC.CC(C)(C)O.Cc1cn2nc3cc2c(c1CC(=O)O)N1CCC(C)(CC1)OCCCCCOc1cc(F)ccc1-c1cccc-3c1. The average Bonchev–Trinajstić information content (AvgIpc) is 3.45. The summed E-state index contributed by atoms with van der Waals surface area (Å²) in [6.07, 6.45) is 6.33. The van der Waals surface area contributed by atoms with Crippen molar-refractivity contribution in [2.24, 2.45) is 0 Å². The molecule has 4 aromatic rings. The summed E-state index contributed by atoms with van der Waals surface area (Å²) >= 11 is 0. The number of nitrogens with zero attached hydrogens (tertiary/aromatic N) is 3. The number of aromatic nitrogens is 2. The van der Waals surface area contributed by atoms with Gasteiger partial charge in [-0.3, -0.25) is 4.79 Å². The predicted molar refractivity (Wildman–Crippen MR) is 191 cm³/mol. The zero-order valence-electron chi connectivity index (χ0n) is 29.6. The second-order valence-corrected chi connectivity index (χ2v) is 13.7. The van der Waals surface area contributed by atoms with Crippen LogP contribution in [0.1, 0.15) is 84.8 Å². The van der Waals surface area contributed by atoms with Crippen LogP contribution in [-0.4, -0.2) is 63.3 Å². The molecule has 1 saturated heterocycles. The summed E-state index contributed by atoms with van der Waals surface area (Å²) in [6.45, 7) is 16.1. The number of piperidine rings is 1. The molecule has 3 aliphatic rings. The van der Waals surface area contributed by atoms with E-state index in [9.17, 15) is 14.3 Å². The van der Waals surface area contributed by atoms with E-state index in [4.69, 9.17) is 19.7 Å². The number of hydrogen-bond donors (Lipinski definition) is 2. The number of aryl methyl sites for hydroxylation is 1. The highest BCUT2D eigenvalue weighted by Crippen LogP contribution is 2.38. The number of carboxylic acids is 1. The van der Waals surface area contributed by atoms with Crippen molar-refractivity contribution in [1.82, 2.24) is 9.61 Å². The van der Waals surface area contributed by atoms with Gasteiger partial charge in [-0.25, -0.2) is 8.91 Å². The Hall–Kier alpha value is -3.95. The number of pyridine rings is 1. The maximum absolute atomic E-state index is 14.2. The van der Waals surface area contributed by atoms with Crippen LogP contribution < -0.4 is 9.64 Å². The lowest BCUT2D eigenvalue weighted by Crippen LogP contribution is -2.45. The lowest BCUT2D eigenvalue weighted by Gasteiger charge is -2.41. The van der Waals surface area contributed by atoms with Crippen molar-refractivity contribution in [3.8, 4) is 28.1 Å². The van der Waals surface area contributed by atoms with E-state index in [1.807, 2.05) is 55.7 Å². The topological polar surface area (TPSA) is 96.5 Å². The van der Waals surface area contributed by atoms with E-state index in [1.165, 1.54) is 12.1 Å². The van der Waals surface area contributed by atoms with Gasteiger partial charge >= 0.3 is 5.97 Å². The second kappa shape index (κ2) is 16.0. The van der Waals surface area contributed by atoms with Crippen molar-refractivity contribution >= 4 is 17.2 Å². The van der Waals surface area contributed by atoms with Gasteiger partial charge in [-0.2, -0.15) is 5.10 Å². The molecule has 2 aromatic carbocycles. The normalized spacial score (nSPS) is 16.1. The maximum atomic E-state index is 14.2. The summed E-state index contributed by atoms with van der Waals surface area (Å²) < 4.78 is 28.6. The lowest BCUT2D eigenvalue weighted by atomic mass is 9.92. The van der Waals surface area contributed by atoms with Gasteiger partial charge in [-0.15, -0.1) is 0 Å². The molecule has 0 saturated carbocycles. The molecule has 0 amide bonds. The number of hydrogen-bond acceptors (Lipinski definition) is 6. The fraction of sp³-hybridized carbons (Fsp3) is 0.487. The van der Waals surface area contributed by atoms with Crippen LogP contribution in [0.2, 0.25) is 0 Å². The van der Waals surface area contributed by atoms with Gasteiger partial charge in [0.05, 0.1) is 41.1 Å². The number of aliphatic hydroxyl groups is 1. The van der Waals surface area contributed by atoms with Crippen molar-refractivity contribution in [2.45, 2.75) is 98.2 Å². The molecule has 0 atom stereocenters. The monoisotopic (exact) mass is 661 g/mol. The Morgan fingerprint density at radius 3 is 2.35 bits per heavy atom. The number of benzene rings is 2. The molecule has 7 rings (SSSR count). The van der Waals surface area contributed by atoms with Crippen molar-refractivity contribution < 1.29 is 28.9 Å². The Balaban J connectivity index is 0.000000682. The van der Waals surface area contributed by atoms with Gasteiger partial charge in [-0.05, 0) is 108 Å². The van der Waals surface area contributed by atoms with Crippen LogP contribution in [0.5, 0.6) is 5.75 Å². The van der Waals surface area contributed by atoms with Gasteiger partial charge in [0.2, 0.25) is 0 Å². The van der Waals surface area contributed by atoms with Crippen LogP contribution in [-0.2, 0) is 16.0 Å². The summed E-state index contributed by atoms with van der Waals surface area (Å²) in [5, 5.41) is 23.2. The Bertz CT molecular complexity index is 1680. The zero-order chi connectivity index (χ0) is 35.1. The van der Waals surface area contributed by atoms with E-state index < -0.39 is 11.6 Å². The minimum absolute atomic E-state index is 0.0503. The first-order chi connectivity index (χ1) is 22.8. The van der Waals surface area contributed by atoms with Crippen LogP contribution >= 0.6 is 0 Å². The Kier molecular flexibility index (Phi) is 12.3. The summed E-state index contributed by atoms with van der Waals surface area (Å²) in [6, 6.07) is 14.7. The van der Waals surface area contributed by atoms with E-state index >= 15 is 0 Å². The van der Waals surface area contributed by atoms with Crippen molar-refractivity contribution in [2.75, 3.05) is 31.2 Å². The van der Waals surface area contributed by atoms with Gasteiger partial charge in [0, 0.05) is 43.1 Å².